The van der Waals surface area contributed by atoms with E-state index in [4.69, 9.17) is 9.31 Å². The summed E-state index contributed by atoms with van der Waals surface area (Å²) in [6.45, 7) is 1.60. The van der Waals surface area contributed by atoms with Crippen LogP contribution in [0.4, 0.5) is 0 Å². The lowest BCUT2D eigenvalue weighted by Crippen LogP contribution is -2.42. The molecule has 1 aliphatic rings. The van der Waals surface area contributed by atoms with Crippen molar-refractivity contribution in [2.24, 2.45) is 0 Å². The molecule has 1 atom stereocenters. The Balaban J connectivity index is 1.86. The predicted octanol–water partition coefficient (Wildman–Crippen LogP) is 2.35. The van der Waals surface area contributed by atoms with Gasteiger partial charge in [-0.05, 0) is 31.2 Å². The third-order valence-corrected chi connectivity index (χ3v) is 5.41. The molecule has 1 aliphatic heterocycles. The van der Waals surface area contributed by atoms with Crippen LogP contribution in [0.25, 0.3) is 0 Å². The third-order valence-electron chi connectivity index (χ3n) is 3.28. The van der Waals surface area contributed by atoms with Crippen molar-refractivity contribution in [1.29, 1.82) is 0 Å². The maximum absolute atomic E-state index is 12.5. The zero-order chi connectivity index (χ0) is 14.2. The summed E-state index contributed by atoms with van der Waals surface area (Å²) in [6.07, 6.45) is 0. The first-order valence-corrected chi connectivity index (χ1v) is 7.85. The van der Waals surface area contributed by atoms with Crippen LogP contribution in [0.3, 0.4) is 0 Å². The van der Waals surface area contributed by atoms with E-state index in [1.807, 2.05) is 12.1 Å². The molecular weight excluding hydrogens is 275 g/mol. The van der Waals surface area contributed by atoms with E-state index in [9.17, 15) is 8.42 Å². The Bertz CT molecular complexity index is 690. The van der Waals surface area contributed by atoms with Gasteiger partial charge in [0.1, 0.15) is 16.6 Å². The van der Waals surface area contributed by atoms with Crippen LogP contribution in [-0.4, -0.2) is 20.7 Å². The molecule has 0 amide bonds. The van der Waals surface area contributed by atoms with E-state index in [0.717, 1.165) is 0 Å². The fraction of sp³-hybridized carbons (Fsp3) is 0.143. The lowest BCUT2D eigenvalue weighted by molar-refractivity contribution is 0.489. The fourth-order valence-electron chi connectivity index (χ4n) is 2.08. The van der Waals surface area contributed by atoms with Crippen LogP contribution >= 0.6 is 0 Å². The molecule has 0 aliphatic carbocycles. The molecule has 6 heteroatoms. The number of hydrogen-bond donors (Lipinski definition) is 0. The average molecular weight is 288 g/mol. The van der Waals surface area contributed by atoms with E-state index in [1.165, 1.54) is 0 Å². The summed E-state index contributed by atoms with van der Waals surface area (Å²) in [4.78, 5) is 0.274. The van der Waals surface area contributed by atoms with Gasteiger partial charge < -0.3 is 9.31 Å². The zero-order valence-corrected chi connectivity index (χ0v) is 11.7. The highest BCUT2D eigenvalue weighted by molar-refractivity contribution is 7.93. The molecule has 1 heterocycles. The summed E-state index contributed by atoms with van der Waals surface area (Å²) in [5.41, 5.74) is 0. The van der Waals surface area contributed by atoms with Crippen molar-refractivity contribution < 1.29 is 17.7 Å². The Labute approximate surface area is 118 Å². The second kappa shape index (κ2) is 4.87. The van der Waals surface area contributed by atoms with Gasteiger partial charge in [0.15, 0.2) is 9.84 Å². The maximum atomic E-state index is 12.5. The van der Waals surface area contributed by atoms with Crippen molar-refractivity contribution in [3.8, 4) is 11.5 Å². The number of sulfone groups is 1. The van der Waals surface area contributed by atoms with Crippen LogP contribution in [-0.2, 0) is 9.84 Å². The SMILES string of the molecule is CC(B1Oc2ccccc2O1)S(=O)(=O)c1ccccc1. The first-order valence-electron chi connectivity index (χ1n) is 6.30. The summed E-state index contributed by atoms with van der Waals surface area (Å²) in [6, 6.07) is 15.5. The summed E-state index contributed by atoms with van der Waals surface area (Å²) in [5.74, 6) is 1.15. The quantitative estimate of drug-likeness (QED) is 0.813. The number of fused-ring (bicyclic) bond motifs is 1. The smallest absolute Gasteiger partial charge is 0.522 e. The van der Waals surface area contributed by atoms with E-state index in [2.05, 4.69) is 0 Å². The highest BCUT2D eigenvalue weighted by Crippen LogP contribution is 2.35. The number of para-hydroxylation sites is 2. The molecule has 0 N–H and O–H groups in total. The topological polar surface area (TPSA) is 52.6 Å². The number of rotatable bonds is 3. The number of benzene rings is 2. The molecular formula is C14H13BO4S. The van der Waals surface area contributed by atoms with E-state index in [-0.39, 0.29) is 4.90 Å². The Morgan fingerprint density at radius 3 is 1.95 bits per heavy atom. The fourth-order valence-corrected chi connectivity index (χ4v) is 3.45. The van der Waals surface area contributed by atoms with Crippen LogP contribution < -0.4 is 9.31 Å². The molecule has 0 saturated carbocycles. The van der Waals surface area contributed by atoms with Crippen molar-refractivity contribution in [1.82, 2.24) is 0 Å². The van der Waals surface area contributed by atoms with Gasteiger partial charge in [0.05, 0.1) is 4.90 Å². The van der Waals surface area contributed by atoms with Gasteiger partial charge in [-0.2, -0.15) is 0 Å². The van der Waals surface area contributed by atoms with Crippen molar-refractivity contribution in [2.75, 3.05) is 0 Å². The minimum Gasteiger partial charge on any atom is -0.522 e. The Morgan fingerprint density at radius 2 is 1.40 bits per heavy atom. The Hall–Kier alpha value is -1.95. The van der Waals surface area contributed by atoms with E-state index < -0.39 is 22.1 Å². The first kappa shape index (κ1) is 13.1. The molecule has 0 fully saturated rings. The summed E-state index contributed by atoms with van der Waals surface area (Å²) in [7, 11) is -4.31. The van der Waals surface area contributed by atoms with E-state index in [0.29, 0.717) is 11.5 Å². The summed E-state index contributed by atoms with van der Waals surface area (Å²) in [5, 5.41) is -0.794. The zero-order valence-electron chi connectivity index (χ0n) is 10.9. The van der Waals surface area contributed by atoms with Gasteiger partial charge in [0.2, 0.25) is 0 Å². The standard InChI is InChI=1S/C14H13BO4S/c1-11(20(16,17)12-7-3-2-4-8-12)15-18-13-9-5-6-10-14(13)19-15/h2-11H,1H3. The van der Waals surface area contributed by atoms with E-state index in [1.54, 1.807) is 49.4 Å². The van der Waals surface area contributed by atoms with Crippen LogP contribution in [0.15, 0.2) is 59.5 Å². The molecule has 2 aromatic rings. The predicted molar refractivity (Wildman–Crippen MR) is 76.5 cm³/mol. The average Bonchev–Trinajstić information content (AvgIpc) is 2.91. The van der Waals surface area contributed by atoms with Crippen molar-refractivity contribution >= 4 is 17.0 Å². The van der Waals surface area contributed by atoms with Crippen molar-refractivity contribution in [3.63, 3.8) is 0 Å². The molecule has 0 bridgehead atoms. The maximum Gasteiger partial charge on any atom is 0.614 e. The van der Waals surface area contributed by atoms with Gasteiger partial charge in [0.25, 0.3) is 0 Å². The lowest BCUT2D eigenvalue weighted by atomic mass is 9.86. The first-order chi connectivity index (χ1) is 9.59. The minimum absolute atomic E-state index is 0.274. The third kappa shape index (κ3) is 2.16. The summed E-state index contributed by atoms with van der Waals surface area (Å²) >= 11 is 0. The molecule has 102 valence electrons. The monoisotopic (exact) mass is 288 g/mol. The van der Waals surface area contributed by atoms with E-state index >= 15 is 0 Å². The molecule has 0 saturated heterocycles. The second-order valence-electron chi connectivity index (χ2n) is 4.61. The highest BCUT2D eigenvalue weighted by atomic mass is 32.2. The van der Waals surface area contributed by atoms with Gasteiger partial charge in [-0.3, -0.25) is 0 Å². The van der Waals surface area contributed by atoms with Gasteiger partial charge in [0, 0.05) is 0 Å². The Kier molecular flexibility index (Phi) is 3.18. The molecule has 3 rings (SSSR count). The Morgan fingerprint density at radius 1 is 0.900 bits per heavy atom. The van der Waals surface area contributed by atoms with Crippen LogP contribution in [0.1, 0.15) is 6.92 Å². The van der Waals surface area contributed by atoms with Crippen LogP contribution in [0, 0.1) is 0 Å². The highest BCUT2D eigenvalue weighted by Gasteiger charge is 2.45. The molecule has 1 unspecified atom stereocenters. The van der Waals surface area contributed by atoms with Crippen LogP contribution in [0.5, 0.6) is 11.5 Å². The van der Waals surface area contributed by atoms with Crippen molar-refractivity contribution in [2.45, 2.75) is 17.0 Å². The van der Waals surface area contributed by atoms with Crippen LogP contribution in [0.2, 0.25) is 0 Å². The summed E-state index contributed by atoms with van der Waals surface area (Å²) < 4.78 is 36.2. The van der Waals surface area contributed by atoms with Crippen molar-refractivity contribution in [3.05, 3.63) is 54.6 Å². The van der Waals surface area contributed by atoms with Gasteiger partial charge in [-0.15, -0.1) is 0 Å². The molecule has 0 radical (unpaired) electrons. The molecule has 4 nitrogen and oxygen atoms in total. The normalized spacial score (nSPS) is 15.2. The molecule has 0 aromatic heterocycles. The molecule has 2 aromatic carbocycles. The molecule has 20 heavy (non-hydrogen) atoms. The number of hydrogen-bond acceptors (Lipinski definition) is 4. The lowest BCUT2D eigenvalue weighted by Gasteiger charge is -2.14. The second-order valence-corrected chi connectivity index (χ2v) is 6.92. The molecule has 0 spiro atoms. The largest absolute Gasteiger partial charge is 0.614 e. The van der Waals surface area contributed by atoms with Gasteiger partial charge in [-0.25, -0.2) is 8.42 Å². The van der Waals surface area contributed by atoms with Gasteiger partial charge >= 0.3 is 7.12 Å². The van der Waals surface area contributed by atoms with Gasteiger partial charge in [-0.1, -0.05) is 30.3 Å². The minimum atomic E-state index is -3.49.